The Hall–Kier alpha value is -0.240. The first kappa shape index (κ1) is 33.1. The van der Waals surface area contributed by atoms with Gasteiger partial charge in [0.2, 0.25) is 0 Å². The largest absolute Gasteiger partial charge is 0.301 e. The lowest BCUT2D eigenvalue weighted by molar-refractivity contribution is -0.0843. The summed E-state index contributed by atoms with van der Waals surface area (Å²) >= 11 is 0. The Morgan fingerprint density at radius 2 is 1.19 bits per heavy atom. The quantitative estimate of drug-likeness (QED) is 0.399. The number of likely N-dealkylation sites (tertiary alicyclic amines) is 6. The van der Waals surface area contributed by atoms with Crippen molar-refractivity contribution < 1.29 is 0 Å². The van der Waals surface area contributed by atoms with Crippen molar-refractivity contribution in [3.05, 3.63) is 0 Å². The van der Waals surface area contributed by atoms with E-state index in [1.54, 1.807) is 0 Å². The van der Waals surface area contributed by atoms with Gasteiger partial charge in [-0.1, -0.05) is 13.3 Å². The molecule has 0 atom stereocenters. The molecule has 0 aromatic carbocycles. The monoisotopic (exact) mass is 587 g/mol. The van der Waals surface area contributed by atoms with Gasteiger partial charge in [0.05, 0.1) is 0 Å². The molecular formula is C36H70N6. The molecule has 0 aromatic rings. The Labute approximate surface area is 261 Å². The lowest BCUT2D eigenvalue weighted by Crippen LogP contribution is -2.71. The zero-order chi connectivity index (χ0) is 29.9. The molecule has 244 valence electrons. The molecule has 6 nitrogen and oxygen atoms in total. The summed E-state index contributed by atoms with van der Waals surface area (Å²) in [5.74, 6) is 0.950. The van der Waals surface area contributed by atoms with Crippen LogP contribution in [0.2, 0.25) is 0 Å². The molecule has 0 aliphatic carbocycles. The Morgan fingerprint density at radius 1 is 0.595 bits per heavy atom. The Morgan fingerprint density at radius 3 is 1.76 bits per heavy atom. The van der Waals surface area contributed by atoms with E-state index < -0.39 is 0 Å². The molecule has 6 rings (SSSR count). The van der Waals surface area contributed by atoms with Gasteiger partial charge in [-0.2, -0.15) is 0 Å². The number of nitrogens with zero attached hydrogens (tertiary/aromatic N) is 6. The van der Waals surface area contributed by atoms with Crippen molar-refractivity contribution in [2.75, 3.05) is 85.1 Å². The van der Waals surface area contributed by atoms with Crippen molar-refractivity contribution in [2.24, 2.45) is 11.3 Å². The van der Waals surface area contributed by atoms with Gasteiger partial charge in [-0.05, 0) is 145 Å². The van der Waals surface area contributed by atoms with Crippen molar-refractivity contribution in [1.29, 1.82) is 0 Å². The van der Waals surface area contributed by atoms with Gasteiger partial charge in [0.25, 0.3) is 0 Å². The van der Waals surface area contributed by atoms with E-state index in [2.05, 4.69) is 77.9 Å². The average molecular weight is 587 g/mol. The predicted molar refractivity (Wildman–Crippen MR) is 179 cm³/mol. The molecule has 6 aliphatic heterocycles. The van der Waals surface area contributed by atoms with E-state index in [9.17, 15) is 0 Å². The Kier molecular flexibility index (Phi) is 11.4. The maximum Gasteiger partial charge on any atom is 0.0463 e. The molecule has 6 aliphatic rings. The van der Waals surface area contributed by atoms with Crippen LogP contribution in [-0.4, -0.2) is 144 Å². The second-order valence-electron chi connectivity index (χ2n) is 16.4. The highest BCUT2D eigenvalue weighted by atomic mass is 15.4. The minimum Gasteiger partial charge on any atom is -0.301 e. The van der Waals surface area contributed by atoms with Crippen LogP contribution in [0.1, 0.15) is 106 Å². The van der Waals surface area contributed by atoms with Crippen molar-refractivity contribution in [3.63, 3.8) is 0 Å². The molecule has 6 fully saturated rings. The Balaban J connectivity index is 0.000000168. The maximum absolute atomic E-state index is 2.90. The predicted octanol–water partition coefficient (Wildman–Crippen LogP) is 5.33. The topological polar surface area (TPSA) is 19.4 Å². The third kappa shape index (κ3) is 7.76. The number of likely N-dealkylation sites (N-methyl/N-ethyl adjacent to an activating group) is 1. The van der Waals surface area contributed by atoms with Gasteiger partial charge in [0.1, 0.15) is 0 Å². The fourth-order valence-electron chi connectivity index (χ4n) is 9.53. The molecule has 0 aromatic heterocycles. The van der Waals surface area contributed by atoms with Gasteiger partial charge in [-0.3, -0.25) is 19.6 Å². The third-order valence-electron chi connectivity index (χ3n) is 12.6. The Bertz CT molecular complexity index is 800. The molecule has 6 saturated heterocycles. The van der Waals surface area contributed by atoms with Crippen molar-refractivity contribution in [2.45, 2.75) is 136 Å². The van der Waals surface area contributed by atoms with Gasteiger partial charge in [-0.25, -0.2) is 0 Å². The number of rotatable bonds is 7. The standard InChI is InChI=1S/2C18H35N3/c1-15(2)19-10-6-17(7-11-19)20-9-5-8-18(12-20)13-21(14-18)16(3)4;1-4-19-14-18(15-19)9-5-6-10-21(18)13-17-7-11-20(12-8-17)16(2)3/h15-17H,5-14H2,1-4H3;16-17H,4-15H2,1-3H3. The van der Waals surface area contributed by atoms with E-state index in [0.717, 1.165) is 30.1 Å². The van der Waals surface area contributed by atoms with E-state index in [0.29, 0.717) is 11.0 Å². The van der Waals surface area contributed by atoms with Crippen LogP contribution in [0.3, 0.4) is 0 Å². The summed E-state index contributed by atoms with van der Waals surface area (Å²) in [6.07, 6.45) is 12.9. The molecule has 6 heteroatoms. The normalized spacial score (nSPS) is 29.3. The summed E-state index contributed by atoms with van der Waals surface area (Å²) in [5, 5.41) is 0. The van der Waals surface area contributed by atoms with Crippen molar-refractivity contribution in [3.8, 4) is 0 Å². The summed E-state index contributed by atoms with van der Waals surface area (Å²) in [4.78, 5) is 16.4. The molecular weight excluding hydrogens is 516 g/mol. The molecule has 0 saturated carbocycles. The molecule has 0 bridgehead atoms. The lowest BCUT2D eigenvalue weighted by atomic mass is 9.72. The molecule has 0 N–H and O–H groups in total. The number of hydrogen-bond acceptors (Lipinski definition) is 6. The maximum atomic E-state index is 2.90. The van der Waals surface area contributed by atoms with E-state index in [1.807, 2.05) is 0 Å². The van der Waals surface area contributed by atoms with Gasteiger partial charge in [-0.15, -0.1) is 0 Å². The van der Waals surface area contributed by atoms with Crippen LogP contribution in [0.25, 0.3) is 0 Å². The first-order valence-electron chi connectivity index (χ1n) is 18.6. The summed E-state index contributed by atoms with van der Waals surface area (Å²) in [6.45, 7) is 33.7. The summed E-state index contributed by atoms with van der Waals surface area (Å²) in [7, 11) is 0. The summed E-state index contributed by atoms with van der Waals surface area (Å²) in [6, 6.07) is 3.06. The average Bonchev–Trinajstić information content (AvgIpc) is 2.95. The molecule has 0 unspecified atom stereocenters. The van der Waals surface area contributed by atoms with Crippen LogP contribution < -0.4 is 0 Å². The van der Waals surface area contributed by atoms with E-state index in [-0.39, 0.29) is 0 Å². The highest BCUT2D eigenvalue weighted by Gasteiger charge is 2.49. The fourth-order valence-corrected chi connectivity index (χ4v) is 9.53. The first-order chi connectivity index (χ1) is 20.1. The summed E-state index contributed by atoms with van der Waals surface area (Å²) < 4.78 is 0. The second kappa shape index (κ2) is 14.5. The van der Waals surface area contributed by atoms with Gasteiger partial charge < -0.3 is 9.80 Å². The van der Waals surface area contributed by atoms with Crippen LogP contribution in [-0.2, 0) is 0 Å². The zero-order valence-corrected chi connectivity index (χ0v) is 29.1. The van der Waals surface area contributed by atoms with Gasteiger partial charge in [0.15, 0.2) is 0 Å². The highest BCUT2D eigenvalue weighted by Crippen LogP contribution is 2.41. The van der Waals surface area contributed by atoms with E-state index in [4.69, 9.17) is 0 Å². The SMILES string of the molecule is CC(C)N1CCC(N2CCCC3(CN(C(C)C)C3)C2)CC1.CCN1CC2(CCCCN2CC2CCN(C(C)C)CC2)C1. The highest BCUT2D eigenvalue weighted by molar-refractivity contribution is 5.06. The van der Waals surface area contributed by atoms with Crippen LogP contribution in [0.15, 0.2) is 0 Å². The van der Waals surface area contributed by atoms with Crippen molar-refractivity contribution >= 4 is 0 Å². The van der Waals surface area contributed by atoms with Crippen molar-refractivity contribution in [1.82, 2.24) is 29.4 Å². The van der Waals surface area contributed by atoms with Crippen LogP contribution in [0, 0.1) is 11.3 Å². The van der Waals surface area contributed by atoms with E-state index >= 15 is 0 Å². The molecule has 6 heterocycles. The molecule has 0 amide bonds. The van der Waals surface area contributed by atoms with Crippen LogP contribution in [0.4, 0.5) is 0 Å². The van der Waals surface area contributed by atoms with Gasteiger partial charge >= 0.3 is 0 Å². The van der Waals surface area contributed by atoms with Gasteiger partial charge in [0, 0.05) is 74.4 Å². The lowest BCUT2D eigenvalue weighted by Gasteiger charge is -2.59. The number of hydrogen-bond donors (Lipinski definition) is 0. The molecule has 0 radical (unpaired) electrons. The van der Waals surface area contributed by atoms with E-state index in [1.165, 1.54) is 143 Å². The first-order valence-corrected chi connectivity index (χ1v) is 18.6. The zero-order valence-electron chi connectivity index (χ0n) is 29.1. The van der Waals surface area contributed by atoms with Crippen LogP contribution >= 0.6 is 0 Å². The number of piperidine rings is 4. The smallest absolute Gasteiger partial charge is 0.0463 e. The summed E-state index contributed by atoms with van der Waals surface area (Å²) in [5.41, 5.74) is 1.22. The molecule has 2 spiro atoms. The fraction of sp³-hybridized carbons (Fsp3) is 1.00. The minimum atomic E-state index is 0.573. The second-order valence-corrected chi connectivity index (χ2v) is 16.4. The third-order valence-corrected chi connectivity index (χ3v) is 12.6. The minimum absolute atomic E-state index is 0.573. The molecule has 42 heavy (non-hydrogen) atoms. The van der Waals surface area contributed by atoms with Crippen LogP contribution in [0.5, 0.6) is 0 Å².